The molecule has 8 nitrogen and oxygen atoms in total. The highest BCUT2D eigenvalue weighted by atomic mass is 16.5. The van der Waals surface area contributed by atoms with Crippen LogP contribution >= 0.6 is 0 Å². The van der Waals surface area contributed by atoms with Gasteiger partial charge in [-0.1, -0.05) is 30.3 Å². The SMILES string of the molecule is COC(=O)[C@H]1C(=O)N(Cc2ccccc2)C(C)C(=O)N[C@@H]1C(=O)OC. The number of nitrogens with zero attached hydrogens (tertiary/aromatic N) is 1. The van der Waals surface area contributed by atoms with Gasteiger partial charge in [0.15, 0.2) is 5.92 Å². The molecule has 1 aliphatic heterocycles. The molecule has 1 saturated heterocycles. The molecule has 2 amide bonds. The number of carbonyl (C=O) groups excluding carboxylic acids is 4. The lowest BCUT2D eigenvalue weighted by Crippen LogP contribution is -2.51. The predicted octanol–water partition coefficient (Wildman–Crippen LogP) is -0.136. The summed E-state index contributed by atoms with van der Waals surface area (Å²) in [5.74, 6) is -4.52. The molecule has 1 unspecified atom stereocenters. The Labute approximate surface area is 145 Å². The third-order valence-corrected chi connectivity index (χ3v) is 4.13. The van der Waals surface area contributed by atoms with Crippen LogP contribution in [0, 0.1) is 5.92 Å². The van der Waals surface area contributed by atoms with Crippen LogP contribution in [0.3, 0.4) is 0 Å². The van der Waals surface area contributed by atoms with Crippen molar-refractivity contribution in [3.8, 4) is 0 Å². The smallest absolute Gasteiger partial charge is 0.329 e. The van der Waals surface area contributed by atoms with E-state index in [2.05, 4.69) is 14.8 Å². The molecule has 0 spiro atoms. The largest absolute Gasteiger partial charge is 0.468 e. The summed E-state index contributed by atoms with van der Waals surface area (Å²) in [5.41, 5.74) is 0.788. The van der Waals surface area contributed by atoms with Crippen LogP contribution in [0.5, 0.6) is 0 Å². The summed E-state index contributed by atoms with van der Waals surface area (Å²) in [6.07, 6.45) is 0. The number of benzene rings is 1. The fourth-order valence-corrected chi connectivity index (χ4v) is 2.69. The van der Waals surface area contributed by atoms with Gasteiger partial charge in [0.1, 0.15) is 12.1 Å². The summed E-state index contributed by atoms with van der Waals surface area (Å²) in [7, 11) is 2.23. The third kappa shape index (κ3) is 3.78. The van der Waals surface area contributed by atoms with E-state index < -0.39 is 41.8 Å². The molecule has 2 rings (SSSR count). The van der Waals surface area contributed by atoms with Crippen LogP contribution in [0.15, 0.2) is 30.3 Å². The van der Waals surface area contributed by atoms with Gasteiger partial charge in [-0.2, -0.15) is 0 Å². The Bertz CT molecular complexity index is 675. The van der Waals surface area contributed by atoms with Gasteiger partial charge in [0.2, 0.25) is 11.8 Å². The summed E-state index contributed by atoms with van der Waals surface area (Å²) < 4.78 is 9.29. The molecule has 1 aromatic rings. The van der Waals surface area contributed by atoms with Gasteiger partial charge in [-0.25, -0.2) is 4.79 Å². The molecule has 1 fully saturated rings. The molecule has 0 bridgehead atoms. The lowest BCUT2D eigenvalue weighted by Gasteiger charge is -2.27. The number of esters is 2. The third-order valence-electron chi connectivity index (χ3n) is 4.13. The van der Waals surface area contributed by atoms with Gasteiger partial charge in [0.25, 0.3) is 0 Å². The Kier molecular flexibility index (Phi) is 5.74. The first-order valence-electron chi connectivity index (χ1n) is 7.71. The number of nitrogens with one attached hydrogen (secondary N) is 1. The van der Waals surface area contributed by atoms with Crippen molar-refractivity contribution in [3.63, 3.8) is 0 Å². The normalized spacial score (nSPS) is 23.5. The summed E-state index contributed by atoms with van der Waals surface area (Å²) in [5, 5.41) is 2.41. The van der Waals surface area contributed by atoms with Gasteiger partial charge in [0.05, 0.1) is 14.2 Å². The van der Waals surface area contributed by atoms with E-state index in [1.807, 2.05) is 6.07 Å². The minimum absolute atomic E-state index is 0.121. The number of amides is 2. The first kappa shape index (κ1) is 18.4. The standard InChI is InChI=1S/C17H20N2O6/c1-10-14(20)18-13(17(23)25-3)12(16(22)24-2)15(21)19(10)9-11-7-5-4-6-8-11/h4-8,10,12-13H,9H2,1-3H3,(H,18,20)/t10?,12-,13+/m1/s1. The lowest BCUT2D eigenvalue weighted by atomic mass is 9.98. The van der Waals surface area contributed by atoms with Crippen molar-refractivity contribution < 1.29 is 28.7 Å². The van der Waals surface area contributed by atoms with Crippen LogP contribution in [0.2, 0.25) is 0 Å². The second-order valence-electron chi connectivity index (χ2n) is 5.64. The molecular formula is C17H20N2O6. The van der Waals surface area contributed by atoms with E-state index in [1.165, 1.54) is 11.8 Å². The average molecular weight is 348 g/mol. The molecule has 0 aliphatic carbocycles. The van der Waals surface area contributed by atoms with Crippen molar-refractivity contribution in [1.29, 1.82) is 0 Å². The number of methoxy groups -OCH3 is 2. The molecule has 8 heteroatoms. The highest BCUT2D eigenvalue weighted by Gasteiger charge is 2.48. The van der Waals surface area contributed by atoms with Crippen molar-refractivity contribution in [1.82, 2.24) is 10.2 Å². The Morgan fingerprint density at radius 1 is 1.08 bits per heavy atom. The van der Waals surface area contributed by atoms with Crippen molar-refractivity contribution in [2.45, 2.75) is 25.6 Å². The predicted molar refractivity (Wildman–Crippen MR) is 85.9 cm³/mol. The molecule has 3 atom stereocenters. The Balaban J connectivity index is 2.43. The van der Waals surface area contributed by atoms with Crippen molar-refractivity contribution in [3.05, 3.63) is 35.9 Å². The van der Waals surface area contributed by atoms with Crippen LogP contribution in [0.1, 0.15) is 12.5 Å². The lowest BCUT2D eigenvalue weighted by molar-refractivity contribution is -0.161. The molecular weight excluding hydrogens is 328 g/mol. The van der Waals surface area contributed by atoms with E-state index in [0.29, 0.717) is 0 Å². The zero-order valence-corrected chi connectivity index (χ0v) is 14.2. The number of rotatable bonds is 4. The van der Waals surface area contributed by atoms with Gasteiger partial charge in [-0.05, 0) is 12.5 Å². The van der Waals surface area contributed by atoms with Gasteiger partial charge < -0.3 is 19.7 Å². The number of hydrogen-bond acceptors (Lipinski definition) is 6. The molecule has 1 aromatic carbocycles. The van der Waals surface area contributed by atoms with E-state index in [0.717, 1.165) is 19.8 Å². The zero-order valence-electron chi connectivity index (χ0n) is 14.2. The van der Waals surface area contributed by atoms with Gasteiger partial charge in [-0.3, -0.25) is 14.4 Å². The Hall–Kier alpha value is -2.90. The van der Waals surface area contributed by atoms with Crippen molar-refractivity contribution in [2.75, 3.05) is 14.2 Å². The molecule has 0 radical (unpaired) electrons. The Morgan fingerprint density at radius 2 is 1.68 bits per heavy atom. The fourth-order valence-electron chi connectivity index (χ4n) is 2.69. The van der Waals surface area contributed by atoms with E-state index in [9.17, 15) is 19.2 Å². The maximum absolute atomic E-state index is 13.0. The maximum Gasteiger partial charge on any atom is 0.329 e. The second-order valence-corrected chi connectivity index (χ2v) is 5.64. The van der Waals surface area contributed by atoms with Gasteiger partial charge >= 0.3 is 11.9 Å². The molecule has 0 saturated carbocycles. The molecule has 1 N–H and O–H groups in total. The maximum atomic E-state index is 13.0. The first-order valence-corrected chi connectivity index (χ1v) is 7.71. The topological polar surface area (TPSA) is 102 Å². The van der Waals surface area contributed by atoms with Gasteiger partial charge in [0, 0.05) is 6.54 Å². The summed E-state index contributed by atoms with van der Waals surface area (Å²) in [6.45, 7) is 1.65. The summed E-state index contributed by atoms with van der Waals surface area (Å²) >= 11 is 0. The first-order chi connectivity index (χ1) is 11.9. The second kappa shape index (κ2) is 7.78. The average Bonchev–Trinajstić information content (AvgIpc) is 2.72. The van der Waals surface area contributed by atoms with Gasteiger partial charge in [-0.15, -0.1) is 0 Å². The van der Waals surface area contributed by atoms with Crippen LogP contribution in [-0.4, -0.2) is 55.0 Å². The van der Waals surface area contributed by atoms with Crippen LogP contribution in [0.25, 0.3) is 0 Å². The highest BCUT2D eigenvalue weighted by molar-refractivity contribution is 6.06. The van der Waals surface area contributed by atoms with Crippen LogP contribution in [0.4, 0.5) is 0 Å². The molecule has 1 heterocycles. The van der Waals surface area contributed by atoms with E-state index in [1.54, 1.807) is 24.3 Å². The van der Waals surface area contributed by atoms with Crippen molar-refractivity contribution in [2.24, 2.45) is 5.92 Å². The minimum atomic E-state index is -1.50. The van der Waals surface area contributed by atoms with Crippen LogP contribution in [-0.2, 0) is 35.2 Å². The quantitative estimate of drug-likeness (QED) is 0.600. The monoisotopic (exact) mass is 348 g/mol. The number of carbonyl (C=O) groups is 4. The number of hydrogen-bond donors (Lipinski definition) is 1. The Morgan fingerprint density at radius 3 is 2.24 bits per heavy atom. The molecule has 0 aromatic heterocycles. The van der Waals surface area contributed by atoms with Crippen molar-refractivity contribution >= 4 is 23.8 Å². The molecule has 134 valence electrons. The summed E-state index contributed by atoms with van der Waals surface area (Å²) in [6, 6.07) is 6.74. The van der Waals surface area contributed by atoms with E-state index >= 15 is 0 Å². The molecule has 1 aliphatic rings. The molecule has 25 heavy (non-hydrogen) atoms. The zero-order chi connectivity index (χ0) is 18.6. The number of ether oxygens (including phenoxy) is 2. The summed E-state index contributed by atoms with van der Waals surface area (Å²) in [4.78, 5) is 50.7. The van der Waals surface area contributed by atoms with E-state index in [4.69, 9.17) is 0 Å². The highest BCUT2D eigenvalue weighted by Crippen LogP contribution is 2.21. The fraction of sp³-hybridized carbons (Fsp3) is 0.412. The van der Waals surface area contributed by atoms with Crippen LogP contribution < -0.4 is 5.32 Å². The van der Waals surface area contributed by atoms with E-state index in [-0.39, 0.29) is 6.54 Å². The minimum Gasteiger partial charge on any atom is -0.468 e.